The Morgan fingerprint density at radius 2 is 2.00 bits per heavy atom. The first kappa shape index (κ1) is 16.5. The van der Waals surface area contributed by atoms with Crippen LogP contribution in [0.4, 0.5) is 0 Å². The first-order valence-corrected chi connectivity index (χ1v) is 8.91. The summed E-state index contributed by atoms with van der Waals surface area (Å²) in [6.07, 6.45) is 8.43. The lowest BCUT2D eigenvalue weighted by molar-refractivity contribution is -0.159. The number of carboxylic acid groups (broad SMARTS) is 1. The van der Waals surface area contributed by atoms with Gasteiger partial charge in [-0.15, -0.1) is 0 Å². The first-order chi connectivity index (χ1) is 10.7. The van der Waals surface area contributed by atoms with Crippen LogP contribution in [0.1, 0.15) is 59.8 Å². The zero-order chi connectivity index (χ0) is 17.0. The van der Waals surface area contributed by atoms with Gasteiger partial charge >= 0.3 is 5.97 Å². The van der Waals surface area contributed by atoms with Gasteiger partial charge in [0.05, 0.1) is 5.41 Å². The number of rotatable bonds is 2. The highest BCUT2D eigenvalue weighted by Crippen LogP contribution is 2.60. The molecular formula is C20H28O3. The fraction of sp³-hybridized carbons (Fsp3) is 0.700. The molecule has 126 valence electrons. The summed E-state index contributed by atoms with van der Waals surface area (Å²) in [6.45, 7) is 8.29. The second-order valence-electron chi connectivity index (χ2n) is 8.47. The van der Waals surface area contributed by atoms with Crippen LogP contribution in [0.3, 0.4) is 0 Å². The third-order valence-corrected chi connectivity index (χ3v) is 6.83. The van der Waals surface area contributed by atoms with Crippen molar-refractivity contribution in [1.82, 2.24) is 0 Å². The molecule has 0 aromatic heterocycles. The lowest BCUT2D eigenvalue weighted by Gasteiger charge is -2.54. The van der Waals surface area contributed by atoms with Gasteiger partial charge in [-0.25, -0.2) is 0 Å². The molecule has 0 heterocycles. The molecule has 1 saturated carbocycles. The van der Waals surface area contributed by atoms with Gasteiger partial charge in [-0.05, 0) is 61.0 Å². The molecule has 0 aliphatic heterocycles. The van der Waals surface area contributed by atoms with Crippen LogP contribution in [0.15, 0.2) is 23.3 Å². The van der Waals surface area contributed by atoms with Crippen LogP contribution < -0.4 is 0 Å². The van der Waals surface area contributed by atoms with Gasteiger partial charge in [0.2, 0.25) is 0 Å². The van der Waals surface area contributed by atoms with E-state index in [1.807, 2.05) is 6.92 Å². The Morgan fingerprint density at radius 1 is 1.30 bits per heavy atom. The summed E-state index contributed by atoms with van der Waals surface area (Å²) in [5.41, 5.74) is 1.28. The highest BCUT2D eigenvalue weighted by Gasteiger charge is 2.56. The minimum atomic E-state index is -0.677. The quantitative estimate of drug-likeness (QED) is 0.822. The monoisotopic (exact) mass is 316 g/mol. The van der Waals surface area contributed by atoms with Gasteiger partial charge in [-0.2, -0.15) is 0 Å². The van der Waals surface area contributed by atoms with Crippen molar-refractivity contribution in [1.29, 1.82) is 0 Å². The van der Waals surface area contributed by atoms with Crippen molar-refractivity contribution in [2.24, 2.45) is 28.6 Å². The van der Waals surface area contributed by atoms with Crippen LogP contribution in [-0.2, 0) is 9.59 Å². The van der Waals surface area contributed by atoms with Crippen molar-refractivity contribution in [2.75, 3.05) is 0 Å². The number of allylic oxidation sites excluding steroid dienone is 4. The molecule has 3 nitrogen and oxygen atoms in total. The average Bonchev–Trinajstić information content (AvgIpc) is 2.47. The van der Waals surface area contributed by atoms with Gasteiger partial charge in [-0.3, -0.25) is 9.59 Å². The third-order valence-electron chi connectivity index (χ3n) is 6.83. The van der Waals surface area contributed by atoms with Crippen molar-refractivity contribution >= 4 is 11.8 Å². The summed E-state index contributed by atoms with van der Waals surface area (Å²) in [4.78, 5) is 24.8. The van der Waals surface area contributed by atoms with E-state index in [0.29, 0.717) is 5.92 Å². The Hall–Kier alpha value is -1.38. The molecule has 0 radical (unpaired) electrons. The van der Waals surface area contributed by atoms with E-state index >= 15 is 0 Å². The number of aliphatic carboxylic acids is 1. The predicted octanol–water partition coefficient (Wildman–Crippen LogP) is 4.39. The maximum Gasteiger partial charge on any atom is 0.309 e. The molecule has 0 saturated heterocycles. The topological polar surface area (TPSA) is 54.4 Å². The normalized spacial score (nSPS) is 40.1. The van der Waals surface area contributed by atoms with Crippen LogP contribution in [0.5, 0.6) is 0 Å². The lowest BCUT2D eigenvalue weighted by atomic mass is 9.48. The smallest absolute Gasteiger partial charge is 0.309 e. The van der Waals surface area contributed by atoms with Gasteiger partial charge in [-0.1, -0.05) is 39.3 Å². The molecule has 0 spiro atoms. The van der Waals surface area contributed by atoms with E-state index in [2.05, 4.69) is 32.9 Å². The Kier molecular flexibility index (Phi) is 3.81. The van der Waals surface area contributed by atoms with E-state index in [-0.39, 0.29) is 23.0 Å². The van der Waals surface area contributed by atoms with Crippen LogP contribution >= 0.6 is 0 Å². The minimum Gasteiger partial charge on any atom is -0.481 e. The fourth-order valence-corrected chi connectivity index (χ4v) is 5.42. The number of carboxylic acids is 1. The second-order valence-corrected chi connectivity index (χ2v) is 8.47. The van der Waals surface area contributed by atoms with Gasteiger partial charge < -0.3 is 5.11 Å². The second kappa shape index (κ2) is 5.32. The summed E-state index contributed by atoms with van der Waals surface area (Å²) >= 11 is 0. The van der Waals surface area contributed by atoms with E-state index in [9.17, 15) is 14.7 Å². The highest BCUT2D eigenvalue weighted by atomic mass is 16.4. The van der Waals surface area contributed by atoms with E-state index in [4.69, 9.17) is 0 Å². The standard InChI is InChI=1S/C20H28O3/c1-12(2)13-6-8-15-14(17(13)21)7-9-16-19(15,3)10-5-11-20(16,4)18(22)23/h6,8,12-13,16H,5,7,9-11H2,1-4H3,(H,22,23)/t13?,16?,19-,20-/m1/s1. The van der Waals surface area contributed by atoms with Crippen molar-refractivity contribution < 1.29 is 14.7 Å². The molecule has 1 fully saturated rings. The van der Waals surface area contributed by atoms with Gasteiger partial charge in [0.1, 0.15) is 0 Å². The molecular weight excluding hydrogens is 288 g/mol. The van der Waals surface area contributed by atoms with Crippen molar-refractivity contribution in [2.45, 2.75) is 59.8 Å². The van der Waals surface area contributed by atoms with Crippen molar-refractivity contribution in [3.05, 3.63) is 23.3 Å². The van der Waals surface area contributed by atoms with E-state index < -0.39 is 11.4 Å². The molecule has 3 rings (SSSR count). The van der Waals surface area contributed by atoms with Crippen molar-refractivity contribution in [3.63, 3.8) is 0 Å². The highest BCUT2D eigenvalue weighted by molar-refractivity contribution is 6.01. The number of carbonyl (C=O) groups excluding carboxylic acids is 1. The number of hydrogen-bond donors (Lipinski definition) is 1. The van der Waals surface area contributed by atoms with Gasteiger partial charge in [0, 0.05) is 5.92 Å². The molecule has 3 heteroatoms. The zero-order valence-corrected chi connectivity index (χ0v) is 14.7. The molecule has 0 aromatic rings. The van der Waals surface area contributed by atoms with Crippen molar-refractivity contribution in [3.8, 4) is 0 Å². The Balaban J connectivity index is 2.05. The molecule has 3 aliphatic rings. The summed E-state index contributed by atoms with van der Waals surface area (Å²) in [5, 5.41) is 9.81. The summed E-state index contributed by atoms with van der Waals surface area (Å²) in [6, 6.07) is 0. The summed E-state index contributed by atoms with van der Waals surface area (Å²) in [7, 11) is 0. The largest absolute Gasteiger partial charge is 0.481 e. The molecule has 2 unspecified atom stereocenters. The zero-order valence-electron chi connectivity index (χ0n) is 14.7. The van der Waals surface area contributed by atoms with Crippen LogP contribution in [0.2, 0.25) is 0 Å². The number of ketones is 1. The van der Waals surface area contributed by atoms with E-state index in [0.717, 1.165) is 43.3 Å². The molecule has 23 heavy (non-hydrogen) atoms. The van der Waals surface area contributed by atoms with Crippen LogP contribution in [0, 0.1) is 28.6 Å². The minimum absolute atomic E-state index is 0.0108. The Morgan fingerprint density at radius 3 is 2.61 bits per heavy atom. The predicted molar refractivity (Wildman–Crippen MR) is 89.9 cm³/mol. The number of Topliss-reactive ketones (excluding diaryl/α,β-unsaturated/α-hetero) is 1. The average molecular weight is 316 g/mol. The molecule has 1 N–H and O–H groups in total. The van der Waals surface area contributed by atoms with Gasteiger partial charge in [0.25, 0.3) is 0 Å². The maximum absolute atomic E-state index is 12.9. The molecule has 4 atom stereocenters. The third kappa shape index (κ3) is 2.23. The van der Waals surface area contributed by atoms with Crippen LogP contribution in [0.25, 0.3) is 0 Å². The maximum atomic E-state index is 12.9. The summed E-state index contributed by atoms with van der Waals surface area (Å²) < 4.78 is 0. The number of fused-ring (bicyclic) bond motifs is 2. The SMILES string of the molecule is CC(C)C1C=CC2=C(CCC3[C@](C)(C(=O)O)CCC[C@]23C)C1=O. The number of hydrogen-bond acceptors (Lipinski definition) is 2. The van der Waals surface area contributed by atoms with Crippen LogP contribution in [-0.4, -0.2) is 16.9 Å². The fourth-order valence-electron chi connectivity index (χ4n) is 5.42. The van der Waals surface area contributed by atoms with E-state index in [1.54, 1.807) is 0 Å². The number of carbonyl (C=O) groups is 2. The molecule has 3 aliphatic carbocycles. The summed E-state index contributed by atoms with van der Waals surface area (Å²) in [5.74, 6) is 0.0220. The van der Waals surface area contributed by atoms with Gasteiger partial charge in [0.15, 0.2) is 5.78 Å². The Labute approximate surface area is 138 Å². The molecule has 0 bridgehead atoms. The molecule has 0 aromatic carbocycles. The Bertz CT molecular complexity index is 612. The molecule has 0 amide bonds. The lowest BCUT2D eigenvalue weighted by Crippen LogP contribution is -2.51. The first-order valence-electron chi connectivity index (χ1n) is 8.91. The van der Waals surface area contributed by atoms with E-state index in [1.165, 1.54) is 0 Å².